The van der Waals surface area contributed by atoms with Gasteiger partial charge >= 0.3 is 11.9 Å². The normalized spacial score (nSPS) is 21.3. The van der Waals surface area contributed by atoms with E-state index in [0.717, 1.165) is 15.6 Å². The number of fused-ring (bicyclic) bond motifs is 1. The van der Waals surface area contributed by atoms with Crippen LogP contribution in [0, 0.1) is 5.41 Å². The number of allylic oxidation sites excluding steroid dienone is 2. The van der Waals surface area contributed by atoms with Gasteiger partial charge in [0.25, 0.3) is 0 Å². The van der Waals surface area contributed by atoms with Crippen LogP contribution in [-0.2, 0) is 9.59 Å². The van der Waals surface area contributed by atoms with E-state index in [1.165, 1.54) is 6.92 Å². The molecule has 0 aliphatic heterocycles. The van der Waals surface area contributed by atoms with Crippen LogP contribution in [0.4, 0.5) is 0 Å². The van der Waals surface area contributed by atoms with Crippen molar-refractivity contribution < 1.29 is 19.8 Å². The number of carbonyl (C=O) groups is 2. The summed E-state index contributed by atoms with van der Waals surface area (Å²) in [6.45, 7) is 1.54. The van der Waals surface area contributed by atoms with Gasteiger partial charge in [-0.3, -0.25) is 4.79 Å². The average molecular weight is 314 g/mol. The fourth-order valence-corrected chi connectivity index (χ4v) is 3.45. The van der Waals surface area contributed by atoms with E-state index in [9.17, 15) is 19.8 Å². The zero-order valence-electron chi connectivity index (χ0n) is 11.9. The van der Waals surface area contributed by atoms with Crippen LogP contribution < -0.4 is 0 Å². The van der Waals surface area contributed by atoms with Crippen molar-refractivity contribution in [2.45, 2.75) is 13.3 Å². The van der Waals surface area contributed by atoms with Gasteiger partial charge in [0.2, 0.25) is 0 Å². The summed E-state index contributed by atoms with van der Waals surface area (Å²) in [5, 5.41) is 21.9. The predicted octanol–water partition coefficient (Wildman–Crippen LogP) is 3.79. The van der Waals surface area contributed by atoms with Gasteiger partial charge in [0.15, 0.2) is 0 Å². The van der Waals surface area contributed by atoms with Crippen LogP contribution in [0.1, 0.15) is 18.9 Å². The number of thiophene rings is 1. The Morgan fingerprint density at radius 2 is 2.00 bits per heavy atom. The molecule has 0 fully saturated rings. The Balaban J connectivity index is 2.12. The van der Waals surface area contributed by atoms with E-state index in [2.05, 4.69) is 0 Å². The fourth-order valence-electron chi connectivity index (χ4n) is 2.62. The highest BCUT2D eigenvalue weighted by molar-refractivity contribution is 7.17. The van der Waals surface area contributed by atoms with Crippen molar-refractivity contribution >= 4 is 38.9 Å². The second kappa shape index (κ2) is 5.10. The molecule has 1 unspecified atom stereocenters. The Morgan fingerprint density at radius 1 is 1.23 bits per heavy atom. The quantitative estimate of drug-likeness (QED) is 0.904. The molecule has 1 heterocycles. The first-order valence-electron chi connectivity index (χ1n) is 6.77. The van der Waals surface area contributed by atoms with Gasteiger partial charge in [0, 0.05) is 10.3 Å². The Hall–Kier alpha value is -2.40. The van der Waals surface area contributed by atoms with Crippen molar-refractivity contribution in [1.29, 1.82) is 0 Å². The van der Waals surface area contributed by atoms with E-state index in [-0.39, 0.29) is 12.0 Å². The maximum absolute atomic E-state index is 11.6. The topological polar surface area (TPSA) is 74.6 Å². The molecule has 22 heavy (non-hydrogen) atoms. The SMILES string of the molecule is CC1(C(=O)O)C=CC(c2ccc3ccsc3c2)=C(C(=O)O)C1. The molecule has 1 atom stereocenters. The number of carboxylic acids is 2. The fraction of sp³-hybridized carbons (Fsp3) is 0.176. The van der Waals surface area contributed by atoms with Crippen molar-refractivity contribution in [1.82, 2.24) is 0 Å². The minimum absolute atomic E-state index is 0.0218. The number of benzene rings is 1. The first-order valence-corrected chi connectivity index (χ1v) is 7.65. The monoisotopic (exact) mass is 314 g/mol. The van der Waals surface area contributed by atoms with Crippen molar-refractivity contribution in [3.8, 4) is 0 Å². The van der Waals surface area contributed by atoms with Gasteiger partial charge in [-0.05, 0) is 47.4 Å². The summed E-state index contributed by atoms with van der Waals surface area (Å²) in [5.41, 5.74) is 0.352. The van der Waals surface area contributed by atoms with E-state index >= 15 is 0 Å². The molecule has 1 aliphatic rings. The van der Waals surface area contributed by atoms with Gasteiger partial charge in [-0.25, -0.2) is 4.79 Å². The van der Waals surface area contributed by atoms with Crippen LogP contribution >= 0.6 is 11.3 Å². The predicted molar refractivity (Wildman–Crippen MR) is 85.9 cm³/mol. The van der Waals surface area contributed by atoms with Crippen LogP contribution in [-0.4, -0.2) is 22.2 Å². The molecular weight excluding hydrogens is 300 g/mol. The maximum Gasteiger partial charge on any atom is 0.332 e. The molecule has 1 aromatic carbocycles. The first kappa shape index (κ1) is 14.5. The Bertz CT molecular complexity index is 843. The average Bonchev–Trinajstić information content (AvgIpc) is 2.94. The smallest absolute Gasteiger partial charge is 0.332 e. The Morgan fingerprint density at radius 3 is 2.68 bits per heavy atom. The third-order valence-corrected chi connectivity index (χ3v) is 4.88. The molecule has 0 saturated heterocycles. The van der Waals surface area contributed by atoms with Crippen molar-refractivity contribution in [2.24, 2.45) is 5.41 Å². The highest BCUT2D eigenvalue weighted by Gasteiger charge is 2.36. The number of carboxylic acid groups (broad SMARTS) is 2. The molecule has 2 N–H and O–H groups in total. The number of hydrogen-bond donors (Lipinski definition) is 2. The van der Waals surface area contributed by atoms with Crippen molar-refractivity contribution in [2.75, 3.05) is 0 Å². The van der Waals surface area contributed by atoms with E-state index in [4.69, 9.17) is 0 Å². The third kappa shape index (κ3) is 2.33. The molecule has 0 spiro atoms. The summed E-state index contributed by atoms with van der Waals surface area (Å²) in [6.07, 6.45) is 3.18. The molecule has 5 heteroatoms. The molecule has 1 aliphatic carbocycles. The zero-order chi connectivity index (χ0) is 15.9. The maximum atomic E-state index is 11.6. The molecule has 1 aromatic heterocycles. The van der Waals surface area contributed by atoms with Crippen LogP contribution in [0.5, 0.6) is 0 Å². The summed E-state index contributed by atoms with van der Waals surface area (Å²) in [5.74, 6) is -2.09. The summed E-state index contributed by atoms with van der Waals surface area (Å²) in [4.78, 5) is 22.9. The van der Waals surface area contributed by atoms with Gasteiger partial charge < -0.3 is 10.2 Å². The van der Waals surface area contributed by atoms with Crippen LogP contribution in [0.3, 0.4) is 0 Å². The van der Waals surface area contributed by atoms with Crippen molar-refractivity contribution in [3.63, 3.8) is 0 Å². The Labute approximate surface area is 131 Å². The number of aliphatic carboxylic acids is 2. The highest BCUT2D eigenvalue weighted by atomic mass is 32.1. The van der Waals surface area contributed by atoms with Crippen LogP contribution in [0.15, 0.2) is 47.4 Å². The molecule has 0 saturated carbocycles. The summed E-state index contributed by atoms with van der Waals surface area (Å²) in [7, 11) is 0. The summed E-state index contributed by atoms with van der Waals surface area (Å²) in [6, 6.07) is 7.79. The van der Waals surface area contributed by atoms with E-state index < -0.39 is 17.4 Å². The van der Waals surface area contributed by atoms with Gasteiger partial charge in [-0.15, -0.1) is 11.3 Å². The molecule has 2 aromatic rings. The molecule has 4 nitrogen and oxygen atoms in total. The molecule has 3 rings (SSSR count). The lowest BCUT2D eigenvalue weighted by Crippen LogP contribution is -2.29. The van der Waals surface area contributed by atoms with Gasteiger partial charge in [0.05, 0.1) is 5.41 Å². The van der Waals surface area contributed by atoms with Crippen LogP contribution in [0.25, 0.3) is 15.7 Å². The Kier molecular flexibility index (Phi) is 3.37. The van der Waals surface area contributed by atoms with E-state index in [1.807, 2.05) is 29.6 Å². The van der Waals surface area contributed by atoms with Crippen LogP contribution in [0.2, 0.25) is 0 Å². The van der Waals surface area contributed by atoms with Crippen molar-refractivity contribution in [3.05, 3.63) is 52.9 Å². The molecule has 0 amide bonds. The summed E-state index contributed by atoms with van der Waals surface area (Å²) < 4.78 is 1.08. The second-order valence-electron chi connectivity index (χ2n) is 5.60. The molecule has 0 bridgehead atoms. The van der Waals surface area contributed by atoms with Gasteiger partial charge in [-0.2, -0.15) is 0 Å². The molecular formula is C17H14O4S. The standard InChI is InChI=1S/C17H14O4S/c1-17(16(20)21)6-4-12(13(9-17)15(18)19)11-3-2-10-5-7-22-14(10)8-11/h2-8H,9H2,1H3,(H,18,19)(H,20,21). The number of hydrogen-bond acceptors (Lipinski definition) is 3. The number of rotatable bonds is 3. The van der Waals surface area contributed by atoms with E-state index in [1.54, 1.807) is 23.5 Å². The molecule has 112 valence electrons. The van der Waals surface area contributed by atoms with Gasteiger partial charge in [-0.1, -0.05) is 24.3 Å². The zero-order valence-corrected chi connectivity index (χ0v) is 12.7. The lowest BCUT2D eigenvalue weighted by atomic mass is 9.76. The minimum atomic E-state index is -1.18. The lowest BCUT2D eigenvalue weighted by Gasteiger charge is -2.26. The summed E-state index contributed by atoms with van der Waals surface area (Å²) >= 11 is 1.59. The largest absolute Gasteiger partial charge is 0.481 e. The highest BCUT2D eigenvalue weighted by Crippen LogP contribution is 2.39. The second-order valence-corrected chi connectivity index (χ2v) is 6.55. The first-order chi connectivity index (χ1) is 10.4. The lowest BCUT2D eigenvalue weighted by molar-refractivity contribution is -0.145. The molecule has 0 radical (unpaired) electrons. The third-order valence-electron chi connectivity index (χ3n) is 4.00. The minimum Gasteiger partial charge on any atom is -0.481 e. The van der Waals surface area contributed by atoms with Gasteiger partial charge in [0.1, 0.15) is 0 Å². The van der Waals surface area contributed by atoms with E-state index in [0.29, 0.717) is 5.57 Å².